The van der Waals surface area contributed by atoms with E-state index in [4.69, 9.17) is 12.2 Å². The van der Waals surface area contributed by atoms with Gasteiger partial charge in [-0.3, -0.25) is 5.10 Å². The number of anilines is 1. The van der Waals surface area contributed by atoms with Crippen LogP contribution in [0.15, 0.2) is 24.4 Å². The van der Waals surface area contributed by atoms with Crippen LogP contribution in [0.1, 0.15) is 0 Å². The number of thiocarbonyl (C=S) groups is 1. The maximum atomic E-state index is 4.81. The number of H-pyrrole nitrogens is 1. The Bertz CT molecular complexity index is 449. The number of nitrogens with one attached hydrogen (secondary N) is 2. The molecule has 0 aliphatic carbocycles. The van der Waals surface area contributed by atoms with Crippen molar-refractivity contribution < 1.29 is 0 Å². The van der Waals surface area contributed by atoms with Gasteiger partial charge in [-0.1, -0.05) is 12.2 Å². The molecule has 3 nitrogen and oxygen atoms in total. The van der Waals surface area contributed by atoms with Gasteiger partial charge in [-0.15, -0.1) is 12.6 Å². The second-order valence-electron chi connectivity index (χ2n) is 2.60. The van der Waals surface area contributed by atoms with Crippen molar-refractivity contribution in [3.63, 3.8) is 0 Å². The van der Waals surface area contributed by atoms with E-state index in [2.05, 4.69) is 28.1 Å². The molecule has 2 N–H and O–H groups in total. The summed E-state index contributed by atoms with van der Waals surface area (Å²) in [5.74, 6) is 0. The average Bonchev–Trinajstić information content (AvgIpc) is 2.49. The van der Waals surface area contributed by atoms with E-state index in [-0.39, 0.29) is 0 Å². The fourth-order valence-electron chi connectivity index (χ4n) is 1.14. The van der Waals surface area contributed by atoms with Gasteiger partial charge in [-0.05, 0) is 18.2 Å². The zero-order valence-electron chi connectivity index (χ0n) is 6.61. The molecule has 0 aliphatic heterocycles. The quantitative estimate of drug-likeness (QED) is 0.498. The van der Waals surface area contributed by atoms with Crippen LogP contribution in [-0.2, 0) is 0 Å². The third kappa shape index (κ3) is 1.81. The molecular formula is C8H7N3S2. The molecule has 0 fully saturated rings. The molecule has 5 heteroatoms. The van der Waals surface area contributed by atoms with Crippen LogP contribution in [0.2, 0.25) is 0 Å². The summed E-state index contributed by atoms with van der Waals surface area (Å²) in [6.07, 6.45) is 1.78. The van der Waals surface area contributed by atoms with Gasteiger partial charge in [0.25, 0.3) is 0 Å². The van der Waals surface area contributed by atoms with Crippen molar-refractivity contribution >= 4 is 45.8 Å². The molecule has 1 aromatic carbocycles. The Morgan fingerprint density at radius 3 is 3.15 bits per heavy atom. The lowest BCUT2D eigenvalue weighted by molar-refractivity contribution is 1.12. The highest BCUT2D eigenvalue weighted by Gasteiger charge is 1.97. The van der Waals surface area contributed by atoms with Crippen molar-refractivity contribution in [1.29, 1.82) is 0 Å². The fraction of sp³-hybridized carbons (Fsp3) is 0. The Morgan fingerprint density at radius 1 is 1.54 bits per heavy atom. The zero-order valence-corrected chi connectivity index (χ0v) is 8.32. The first kappa shape index (κ1) is 8.52. The van der Waals surface area contributed by atoms with Crippen LogP contribution in [0.4, 0.5) is 5.69 Å². The maximum absolute atomic E-state index is 4.81. The molecule has 2 aromatic rings. The predicted molar refractivity (Wildman–Crippen MR) is 61.3 cm³/mol. The van der Waals surface area contributed by atoms with Gasteiger partial charge >= 0.3 is 0 Å². The number of aromatic nitrogens is 2. The van der Waals surface area contributed by atoms with E-state index in [0.717, 1.165) is 16.6 Å². The summed E-state index contributed by atoms with van der Waals surface area (Å²) in [5, 5.41) is 10.8. The third-order valence-corrected chi connectivity index (χ3v) is 1.91. The minimum absolute atomic E-state index is 0.457. The molecular weight excluding hydrogens is 202 g/mol. The molecule has 13 heavy (non-hydrogen) atoms. The first-order valence-electron chi connectivity index (χ1n) is 3.69. The van der Waals surface area contributed by atoms with E-state index in [1.807, 2.05) is 18.2 Å². The monoisotopic (exact) mass is 209 g/mol. The van der Waals surface area contributed by atoms with Gasteiger partial charge < -0.3 is 5.32 Å². The van der Waals surface area contributed by atoms with Crippen molar-refractivity contribution in [2.24, 2.45) is 0 Å². The number of benzene rings is 1. The number of hydrogen-bond acceptors (Lipinski definition) is 2. The fourth-order valence-corrected chi connectivity index (χ4v) is 1.39. The van der Waals surface area contributed by atoms with Crippen LogP contribution in [0, 0.1) is 0 Å². The largest absolute Gasteiger partial charge is 0.341 e. The lowest BCUT2D eigenvalue weighted by Gasteiger charge is -2.01. The lowest BCUT2D eigenvalue weighted by atomic mass is 10.2. The summed E-state index contributed by atoms with van der Waals surface area (Å²) in [5.41, 5.74) is 1.89. The number of fused-ring (bicyclic) bond motifs is 1. The van der Waals surface area contributed by atoms with Crippen LogP contribution in [0.3, 0.4) is 0 Å². The number of nitrogens with zero attached hydrogens (tertiary/aromatic N) is 1. The highest BCUT2D eigenvalue weighted by molar-refractivity contribution is 8.11. The van der Waals surface area contributed by atoms with Gasteiger partial charge in [0.15, 0.2) is 0 Å². The number of aromatic amines is 1. The van der Waals surface area contributed by atoms with E-state index in [9.17, 15) is 0 Å². The molecule has 0 aliphatic rings. The highest BCUT2D eigenvalue weighted by Crippen LogP contribution is 2.16. The summed E-state index contributed by atoms with van der Waals surface area (Å²) < 4.78 is 0.457. The summed E-state index contributed by atoms with van der Waals surface area (Å²) in [4.78, 5) is 0. The summed E-state index contributed by atoms with van der Waals surface area (Å²) in [7, 11) is 0. The van der Waals surface area contributed by atoms with Gasteiger partial charge in [0.2, 0.25) is 0 Å². The molecule has 2 rings (SSSR count). The van der Waals surface area contributed by atoms with Crippen LogP contribution in [-0.4, -0.2) is 14.5 Å². The molecule has 0 bridgehead atoms. The van der Waals surface area contributed by atoms with E-state index >= 15 is 0 Å². The molecule has 0 amide bonds. The predicted octanol–water partition coefficient (Wildman–Crippen LogP) is 2.19. The van der Waals surface area contributed by atoms with Gasteiger partial charge in [0.05, 0.1) is 11.7 Å². The molecule has 0 saturated carbocycles. The Morgan fingerprint density at radius 2 is 2.38 bits per heavy atom. The first-order valence-corrected chi connectivity index (χ1v) is 4.54. The summed E-state index contributed by atoms with van der Waals surface area (Å²) in [6, 6.07) is 5.83. The van der Waals surface area contributed by atoms with E-state index in [0.29, 0.717) is 4.32 Å². The molecule has 1 heterocycles. The van der Waals surface area contributed by atoms with Crippen molar-refractivity contribution in [1.82, 2.24) is 10.2 Å². The van der Waals surface area contributed by atoms with Gasteiger partial charge in [0.1, 0.15) is 4.32 Å². The lowest BCUT2D eigenvalue weighted by Crippen LogP contribution is -1.99. The highest BCUT2D eigenvalue weighted by atomic mass is 32.1. The van der Waals surface area contributed by atoms with Gasteiger partial charge in [-0.2, -0.15) is 5.10 Å². The van der Waals surface area contributed by atoms with Gasteiger partial charge in [-0.25, -0.2) is 0 Å². The molecule has 0 spiro atoms. The van der Waals surface area contributed by atoms with Crippen LogP contribution < -0.4 is 5.32 Å². The van der Waals surface area contributed by atoms with Crippen molar-refractivity contribution in [2.45, 2.75) is 0 Å². The van der Waals surface area contributed by atoms with E-state index in [1.165, 1.54) is 0 Å². The zero-order chi connectivity index (χ0) is 9.26. The Balaban J connectivity index is 2.42. The van der Waals surface area contributed by atoms with Crippen molar-refractivity contribution in [3.05, 3.63) is 24.4 Å². The third-order valence-electron chi connectivity index (χ3n) is 1.69. The molecule has 0 atom stereocenters. The van der Waals surface area contributed by atoms with E-state index in [1.54, 1.807) is 6.20 Å². The standard InChI is InChI=1S/C8H7N3S2/c12-8(13)10-6-2-1-5-4-9-11-7(5)3-6/h1-4H,(H,9,11)(H2,10,12,13). The smallest absolute Gasteiger partial charge is 0.135 e. The Labute approximate surface area is 85.9 Å². The number of rotatable bonds is 1. The number of hydrogen-bond donors (Lipinski definition) is 3. The Kier molecular flexibility index (Phi) is 2.20. The minimum atomic E-state index is 0.457. The maximum Gasteiger partial charge on any atom is 0.135 e. The first-order chi connectivity index (χ1) is 6.25. The number of thiol groups is 1. The second-order valence-corrected chi connectivity index (χ2v) is 3.76. The van der Waals surface area contributed by atoms with Crippen molar-refractivity contribution in [3.8, 4) is 0 Å². The van der Waals surface area contributed by atoms with Crippen LogP contribution in [0.5, 0.6) is 0 Å². The molecule has 66 valence electrons. The normalized spacial score (nSPS) is 10.2. The van der Waals surface area contributed by atoms with Gasteiger partial charge in [0, 0.05) is 11.1 Å². The summed E-state index contributed by atoms with van der Waals surface area (Å²) in [6.45, 7) is 0. The van der Waals surface area contributed by atoms with E-state index < -0.39 is 0 Å². The molecule has 0 saturated heterocycles. The summed E-state index contributed by atoms with van der Waals surface area (Å²) >= 11 is 8.79. The average molecular weight is 209 g/mol. The molecule has 0 radical (unpaired) electrons. The molecule has 0 unspecified atom stereocenters. The SMILES string of the molecule is S=C(S)Nc1ccc2cn[nH]c2c1. The molecule has 1 aromatic heterocycles. The van der Waals surface area contributed by atoms with Crippen LogP contribution >= 0.6 is 24.8 Å². The topological polar surface area (TPSA) is 40.7 Å². The Hall–Kier alpha value is -1.07. The second kappa shape index (κ2) is 3.35. The van der Waals surface area contributed by atoms with Crippen molar-refractivity contribution in [2.75, 3.05) is 5.32 Å². The van der Waals surface area contributed by atoms with Crippen LogP contribution in [0.25, 0.3) is 10.9 Å². The minimum Gasteiger partial charge on any atom is -0.341 e.